The molecule has 66 valence electrons. The summed E-state index contributed by atoms with van der Waals surface area (Å²) >= 11 is 0. The zero-order valence-corrected chi connectivity index (χ0v) is 7.84. The summed E-state index contributed by atoms with van der Waals surface area (Å²) in [6, 6.07) is 0. The van der Waals surface area contributed by atoms with Crippen LogP contribution < -0.4 is 0 Å². The summed E-state index contributed by atoms with van der Waals surface area (Å²) in [4.78, 5) is 4.89. The molecule has 1 aliphatic rings. The van der Waals surface area contributed by atoms with Gasteiger partial charge in [0.2, 0.25) is 0 Å². The second kappa shape index (κ2) is 4.73. The zero-order valence-electron chi connectivity index (χ0n) is 7.84. The molecule has 2 nitrogen and oxygen atoms in total. The molecule has 0 bridgehead atoms. The first kappa shape index (κ1) is 9.01. The lowest BCUT2D eigenvalue weighted by Crippen LogP contribution is -2.23. The molecule has 2 heteroatoms. The van der Waals surface area contributed by atoms with Gasteiger partial charge < -0.3 is 9.80 Å². The molecule has 1 fully saturated rings. The van der Waals surface area contributed by atoms with Crippen LogP contribution in [0.15, 0.2) is 0 Å². The van der Waals surface area contributed by atoms with Crippen molar-refractivity contribution in [1.29, 1.82) is 0 Å². The third-order valence-corrected chi connectivity index (χ3v) is 2.41. The van der Waals surface area contributed by atoms with Gasteiger partial charge in [-0.1, -0.05) is 0 Å². The summed E-state index contributed by atoms with van der Waals surface area (Å²) < 4.78 is 0. The Balaban J connectivity index is 2.24. The largest absolute Gasteiger partial charge is 0.306 e. The molecule has 0 spiro atoms. The molecule has 0 aliphatic carbocycles. The van der Waals surface area contributed by atoms with Gasteiger partial charge >= 0.3 is 0 Å². The SMILES string of the molecule is CN1CCCCN(C)CCC1. The highest BCUT2D eigenvalue weighted by Gasteiger charge is 2.04. The van der Waals surface area contributed by atoms with E-state index in [1.54, 1.807) is 0 Å². The lowest BCUT2D eigenvalue weighted by Gasteiger charge is -2.15. The Morgan fingerprint density at radius 1 is 0.636 bits per heavy atom. The molecular formula is C9H20N2. The van der Waals surface area contributed by atoms with Crippen LogP contribution in [-0.2, 0) is 0 Å². The Labute approximate surface area is 70.2 Å². The molecule has 0 radical (unpaired) electrons. The Bertz CT molecular complexity index is 91.7. The van der Waals surface area contributed by atoms with Gasteiger partial charge in [-0.15, -0.1) is 0 Å². The van der Waals surface area contributed by atoms with E-state index in [-0.39, 0.29) is 0 Å². The Morgan fingerprint density at radius 3 is 1.45 bits per heavy atom. The first-order valence-corrected chi connectivity index (χ1v) is 4.66. The zero-order chi connectivity index (χ0) is 8.10. The van der Waals surface area contributed by atoms with E-state index in [1.165, 1.54) is 45.4 Å². The van der Waals surface area contributed by atoms with Crippen molar-refractivity contribution in [2.45, 2.75) is 19.3 Å². The summed E-state index contributed by atoms with van der Waals surface area (Å²) in [6.07, 6.45) is 4.05. The van der Waals surface area contributed by atoms with Crippen LogP contribution in [0.5, 0.6) is 0 Å². The third-order valence-electron chi connectivity index (χ3n) is 2.41. The molecule has 0 aromatic carbocycles. The normalized spacial score (nSPS) is 25.6. The molecule has 0 aromatic rings. The molecule has 0 amide bonds. The van der Waals surface area contributed by atoms with Gasteiger partial charge in [0, 0.05) is 0 Å². The second-order valence-electron chi connectivity index (χ2n) is 3.67. The summed E-state index contributed by atoms with van der Waals surface area (Å²) in [7, 11) is 4.46. The molecule has 1 saturated heterocycles. The van der Waals surface area contributed by atoms with E-state index in [9.17, 15) is 0 Å². The fourth-order valence-electron chi connectivity index (χ4n) is 1.60. The van der Waals surface area contributed by atoms with E-state index < -0.39 is 0 Å². The highest BCUT2D eigenvalue weighted by molar-refractivity contribution is 4.60. The summed E-state index contributed by atoms with van der Waals surface area (Å²) in [5, 5.41) is 0. The molecule has 1 rings (SSSR count). The van der Waals surface area contributed by atoms with E-state index in [1.807, 2.05) is 0 Å². The van der Waals surface area contributed by atoms with Gasteiger partial charge in [-0.25, -0.2) is 0 Å². The standard InChI is InChI=1S/C9H20N2/c1-10-6-3-4-7-11(2)9-5-8-10/h3-9H2,1-2H3. The van der Waals surface area contributed by atoms with E-state index >= 15 is 0 Å². The van der Waals surface area contributed by atoms with Crippen LogP contribution in [0.25, 0.3) is 0 Å². The van der Waals surface area contributed by atoms with Crippen LogP contribution >= 0.6 is 0 Å². The molecular weight excluding hydrogens is 136 g/mol. The first-order chi connectivity index (χ1) is 5.29. The van der Waals surface area contributed by atoms with Crippen molar-refractivity contribution < 1.29 is 0 Å². The molecule has 1 aliphatic heterocycles. The molecule has 0 atom stereocenters. The number of nitrogens with zero attached hydrogens (tertiary/aromatic N) is 2. The van der Waals surface area contributed by atoms with E-state index in [0.717, 1.165) is 0 Å². The van der Waals surface area contributed by atoms with Crippen molar-refractivity contribution in [2.75, 3.05) is 40.3 Å². The highest BCUT2D eigenvalue weighted by atomic mass is 15.1. The van der Waals surface area contributed by atoms with E-state index in [0.29, 0.717) is 0 Å². The second-order valence-corrected chi connectivity index (χ2v) is 3.67. The monoisotopic (exact) mass is 156 g/mol. The van der Waals surface area contributed by atoms with E-state index in [2.05, 4.69) is 23.9 Å². The Morgan fingerprint density at radius 2 is 1.00 bits per heavy atom. The minimum Gasteiger partial charge on any atom is -0.306 e. The van der Waals surface area contributed by atoms with Crippen molar-refractivity contribution in [3.05, 3.63) is 0 Å². The number of hydrogen-bond donors (Lipinski definition) is 0. The summed E-state index contributed by atoms with van der Waals surface area (Å²) in [5.41, 5.74) is 0. The average molecular weight is 156 g/mol. The summed E-state index contributed by atoms with van der Waals surface area (Å²) in [5.74, 6) is 0. The van der Waals surface area contributed by atoms with Crippen molar-refractivity contribution >= 4 is 0 Å². The van der Waals surface area contributed by atoms with Gasteiger partial charge in [-0.2, -0.15) is 0 Å². The van der Waals surface area contributed by atoms with Gasteiger partial charge in [0.05, 0.1) is 0 Å². The van der Waals surface area contributed by atoms with Crippen molar-refractivity contribution in [2.24, 2.45) is 0 Å². The maximum atomic E-state index is 2.44. The minimum absolute atomic E-state index is 1.27. The third kappa shape index (κ3) is 3.73. The Hall–Kier alpha value is -0.0800. The smallest absolute Gasteiger partial charge is 0.000960 e. The van der Waals surface area contributed by atoms with Gasteiger partial charge in [0.1, 0.15) is 0 Å². The molecule has 11 heavy (non-hydrogen) atoms. The topological polar surface area (TPSA) is 6.48 Å². The molecule has 0 unspecified atom stereocenters. The van der Waals surface area contributed by atoms with Gasteiger partial charge in [0.15, 0.2) is 0 Å². The number of rotatable bonds is 0. The van der Waals surface area contributed by atoms with Crippen LogP contribution in [0.4, 0.5) is 0 Å². The molecule has 0 N–H and O–H groups in total. The maximum Gasteiger partial charge on any atom is -0.000960 e. The molecule has 0 aromatic heterocycles. The molecule has 0 saturated carbocycles. The Kier molecular flexibility index (Phi) is 3.87. The van der Waals surface area contributed by atoms with Crippen LogP contribution in [-0.4, -0.2) is 50.1 Å². The van der Waals surface area contributed by atoms with Crippen LogP contribution in [0.1, 0.15) is 19.3 Å². The lowest BCUT2D eigenvalue weighted by atomic mass is 10.3. The first-order valence-electron chi connectivity index (χ1n) is 4.66. The van der Waals surface area contributed by atoms with Crippen LogP contribution in [0.2, 0.25) is 0 Å². The minimum atomic E-state index is 1.27. The predicted molar refractivity (Wildman–Crippen MR) is 48.8 cm³/mol. The van der Waals surface area contributed by atoms with Crippen molar-refractivity contribution in [3.8, 4) is 0 Å². The van der Waals surface area contributed by atoms with Crippen molar-refractivity contribution in [3.63, 3.8) is 0 Å². The molecule has 1 heterocycles. The predicted octanol–water partition coefficient (Wildman–Crippen LogP) is 1.03. The lowest BCUT2D eigenvalue weighted by molar-refractivity contribution is 0.309. The van der Waals surface area contributed by atoms with E-state index in [4.69, 9.17) is 0 Å². The average Bonchev–Trinajstić information content (AvgIpc) is 2.04. The quantitative estimate of drug-likeness (QED) is 0.517. The highest BCUT2D eigenvalue weighted by Crippen LogP contribution is 2.01. The van der Waals surface area contributed by atoms with Crippen LogP contribution in [0, 0.1) is 0 Å². The van der Waals surface area contributed by atoms with Gasteiger partial charge in [-0.3, -0.25) is 0 Å². The number of hydrogen-bond acceptors (Lipinski definition) is 2. The van der Waals surface area contributed by atoms with Gasteiger partial charge in [0.25, 0.3) is 0 Å². The fraction of sp³-hybridized carbons (Fsp3) is 1.00. The van der Waals surface area contributed by atoms with Crippen LogP contribution in [0.3, 0.4) is 0 Å². The van der Waals surface area contributed by atoms with Crippen molar-refractivity contribution in [1.82, 2.24) is 9.80 Å². The maximum absolute atomic E-state index is 2.44. The van der Waals surface area contributed by atoms with Gasteiger partial charge in [-0.05, 0) is 59.5 Å². The fourth-order valence-corrected chi connectivity index (χ4v) is 1.60. The summed E-state index contributed by atoms with van der Waals surface area (Å²) in [6.45, 7) is 5.11.